The van der Waals surface area contributed by atoms with Gasteiger partial charge < -0.3 is 14.6 Å². The third-order valence-electron chi connectivity index (χ3n) is 2.84. The number of benzene rings is 1. The van der Waals surface area contributed by atoms with Crippen LogP contribution in [0.25, 0.3) is 0 Å². The minimum absolute atomic E-state index is 0.119. The van der Waals surface area contributed by atoms with E-state index in [0.717, 1.165) is 22.6 Å². The smallest absolute Gasteiger partial charge is 0.231 e. The van der Waals surface area contributed by atoms with Crippen molar-refractivity contribution in [2.75, 3.05) is 13.4 Å². The summed E-state index contributed by atoms with van der Waals surface area (Å²) in [5.74, 6) is 1.57. The predicted octanol–water partition coefficient (Wildman–Crippen LogP) is 1.99. The SMILES string of the molecule is Cc1cc2c(cc1C(C)(C)CO)OCO2. The minimum atomic E-state index is -0.245. The molecule has 0 atom stereocenters. The van der Waals surface area contributed by atoms with E-state index in [2.05, 4.69) is 0 Å². The molecule has 1 N–H and O–H groups in total. The van der Waals surface area contributed by atoms with Crippen LogP contribution in [-0.4, -0.2) is 18.5 Å². The summed E-state index contributed by atoms with van der Waals surface area (Å²) < 4.78 is 10.6. The lowest BCUT2D eigenvalue weighted by Gasteiger charge is -2.24. The molecule has 3 nitrogen and oxygen atoms in total. The van der Waals surface area contributed by atoms with E-state index in [4.69, 9.17) is 9.47 Å². The van der Waals surface area contributed by atoms with Crippen LogP contribution in [0.15, 0.2) is 12.1 Å². The molecule has 0 spiro atoms. The molecule has 82 valence electrons. The summed E-state index contributed by atoms with van der Waals surface area (Å²) >= 11 is 0. The molecule has 0 fully saturated rings. The van der Waals surface area contributed by atoms with Gasteiger partial charge in [-0.05, 0) is 30.2 Å². The molecule has 0 unspecified atom stereocenters. The fourth-order valence-corrected chi connectivity index (χ4v) is 1.86. The van der Waals surface area contributed by atoms with Gasteiger partial charge in [0.05, 0.1) is 6.61 Å². The maximum atomic E-state index is 9.35. The molecule has 1 aromatic rings. The summed E-state index contributed by atoms with van der Waals surface area (Å²) in [6.07, 6.45) is 0. The monoisotopic (exact) mass is 208 g/mol. The summed E-state index contributed by atoms with van der Waals surface area (Å²) in [5.41, 5.74) is 1.98. The summed E-state index contributed by atoms with van der Waals surface area (Å²) in [6, 6.07) is 3.93. The third kappa shape index (κ3) is 1.67. The van der Waals surface area contributed by atoms with Crippen LogP contribution >= 0.6 is 0 Å². The first-order valence-corrected chi connectivity index (χ1v) is 5.06. The highest BCUT2D eigenvalue weighted by molar-refractivity contribution is 5.50. The van der Waals surface area contributed by atoms with Gasteiger partial charge in [0, 0.05) is 5.41 Å². The minimum Gasteiger partial charge on any atom is -0.454 e. The number of rotatable bonds is 2. The van der Waals surface area contributed by atoms with Gasteiger partial charge in [0.25, 0.3) is 0 Å². The number of ether oxygens (including phenoxy) is 2. The standard InChI is InChI=1S/C12H16O3/c1-8-4-10-11(15-7-14-10)5-9(8)12(2,3)6-13/h4-5,13H,6-7H2,1-3H3. The second kappa shape index (κ2) is 3.42. The number of aryl methyl sites for hydroxylation is 1. The number of hydrogen-bond donors (Lipinski definition) is 1. The quantitative estimate of drug-likeness (QED) is 0.807. The molecule has 0 radical (unpaired) electrons. The van der Waals surface area contributed by atoms with Crippen LogP contribution in [0.4, 0.5) is 0 Å². The molecule has 0 aliphatic carbocycles. The van der Waals surface area contributed by atoms with Gasteiger partial charge in [-0.2, -0.15) is 0 Å². The lowest BCUT2D eigenvalue weighted by molar-refractivity contribution is 0.173. The lowest BCUT2D eigenvalue weighted by atomic mass is 9.82. The van der Waals surface area contributed by atoms with Crippen molar-refractivity contribution in [3.8, 4) is 11.5 Å². The summed E-state index contributed by atoms with van der Waals surface area (Å²) in [7, 11) is 0. The second-order valence-corrected chi connectivity index (χ2v) is 4.56. The van der Waals surface area contributed by atoms with E-state index in [1.165, 1.54) is 0 Å². The van der Waals surface area contributed by atoms with Crippen molar-refractivity contribution < 1.29 is 14.6 Å². The van der Waals surface area contributed by atoms with Crippen molar-refractivity contribution in [3.05, 3.63) is 23.3 Å². The van der Waals surface area contributed by atoms with E-state index in [0.29, 0.717) is 0 Å². The van der Waals surface area contributed by atoms with Crippen LogP contribution in [-0.2, 0) is 5.41 Å². The van der Waals surface area contributed by atoms with Gasteiger partial charge in [0.2, 0.25) is 6.79 Å². The molecule has 0 aromatic heterocycles. The first kappa shape index (κ1) is 10.3. The number of fused-ring (bicyclic) bond motifs is 1. The van der Waals surface area contributed by atoms with Gasteiger partial charge in [-0.3, -0.25) is 0 Å². The zero-order chi connectivity index (χ0) is 11.1. The average Bonchev–Trinajstić information content (AvgIpc) is 2.63. The van der Waals surface area contributed by atoms with Crippen LogP contribution in [0.3, 0.4) is 0 Å². The van der Waals surface area contributed by atoms with E-state index in [1.54, 1.807) is 0 Å². The Morgan fingerprint density at radius 1 is 1.27 bits per heavy atom. The van der Waals surface area contributed by atoms with Crippen molar-refractivity contribution in [1.29, 1.82) is 0 Å². The molecule has 1 heterocycles. The number of aliphatic hydroxyl groups is 1. The van der Waals surface area contributed by atoms with Gasteiger partial charge in [-0.25, -0.2) is 0 Å². The van der Waals surface area contributed by atoms with Crippen LogP contribution in [0.1, 0.15) is 25.0 Å². The number of aliphatic hydroxyl groups excluding tert-OH is 1. The van der Waals surface area contributed by atoms with Crippen LogP contribution in [0.5, 0.6) is 11.5 Å². The topological polar surface area (TPSA) is 38.7 Å². The molecular formula is C12H16O3. The Bertz CT molecular complexity index is 383. The molecular weight excluding hydrogens is 192 g/mol. The van der Waals surface area contributed by atoms with Crippen LogP contribution in [0, 0.1) is 6.92 Å². The third-order valence-corrected chi connectivity index (χ3v) is 2.84. The fourth-order valence-electron chi connectivity index (χ4n) is 1.86. The fraction of sp³-hybridized carbons (Fsp3) is 0.500. The zero-order valence-corrected chi connectivity index (χ0v) is 9.33. The van der Waals surface area contributed by atoms with Crippen molar-refractivity contribution in [2.45, 2.75) is 26.2 Å². The Morgan fingerprint density at radius 3 is 2.47 bits per heavy atom. The molecule has 0 bridgehead atoms. The highest BCUT2D eigenvalue weighted by atomic mass is 16.7. The highest BCUT2D eigenvalue weighted by Gasteiger charge is 2.25. The summed E-state index contributed by atoms with van der Waals surface area (Å²) in [5, 5.41) is 9.35. The molecule has 1 aliphatic rings. The Morgan fingerprint density at radius 2 is 1.87 bits per heavy atom. The molecule has 3 heteroatoms. The van der Waals surface area contributed by atoms with Crippen molar-refractivity contribution in [1.82, 2.24) is 0 Å². The van der Waals surface area contributed by atoms with E-state index < -0.39 is 0 Å². The molecule has 2 rings (SSSR count). The van der Waals surface area contributed by atoms with E-state index in [9.17, 15) is 5.11 Å². The molecule has 1 aromatic carbocycles. The van der Waals surface area contributed by atoms with Crippen molar-refractivity contribution >= 4 is 0 Å². The van der Waals surface area contributed by atoms with Gasteiger partial charge in [0.1, 0.15) is 0 Å². The summed E-state index contributed by atoms with van der Waals surface area (Å²) in [6.45, 7) is 6.45. The first-order valence-electron chi connectivity index (χ1n) is 5.06. The average molecular weight is 208 g/mol. The Kier molecular flexibility index (Phi) is 2.35. The largest absolute Gasteiger partial charge is 0.454 e. The van der Waals surface area contributed by atoms with E-state index >= 15 is 0 Å². The molecule has 15 heavy (non-hydrogen) atoms. The number of hydrogen-bond acceptors (Lipinski definition) is 3. The van der Waals surface area contributed by atoms with E-state index in [-0.39, 0.29) is 18.8 Å². The Balaban J connectivity index is 2.49. The Hall–Kier alpha value is -1.22. The van der Waals surface area contributed by atoms with Gasteiger partial charge in [-0.15, -0.1) is 0 Å². The lowest BCUT2D eigenvalue weighted by Crippen LogP contribution is -2.23. The first-order chi connectivity index (χ1) is 7.04. The predicted molar refractivity (Wildman–Crippen MR) is 57.4 cm³/mol. The second-order valence-electron chi connectivity index (χ2n) is 4.56. The van der Waals surface area contributed by atoms with Crippen molar-refractivity contribution in [2.24, 2.45) is 0 Å². The van der Waals surface area contributed by atoms with Crippen molar-refractivity contribution in [3.63, 3.8) is 0 Å². The maximum Gasteiger partial charge on any atom is 0.231 e. The van der Waals surface area contributed by atoms with Gasteiger partial charge in [-0.1, -0.05) is 13.8 Å². The molecule has 1 aliphatic heterocycles. The van der Waals surface area contributed by atoms with Gasteiger partial charge in [0.15, 0.2) is 11.5 Å². The highest BCUT2D eigenvalue weighted by Crippen LogP contribution is 2.38. The zero-order valence-electron chi connectivity index (χ0n) is 9.33. The van der Waals surface area contributed by atoms with Crippen LogP contribution in [0.2, 0.25) is 0 Å². The van der Waals surface area contributed by atoms with Gasteiger partial charge >= 0.3 is 0 Å². The van der Waals surface area contributed by atoms with Crippen LogP contribution < -0.4 is 9.47 Å². The maximum absolute atomic E-state index is 9.35. The normalized spacial score (nSPS) is 14.4. The Labute approximate surface area is 89.6 Å². The molecule has 0 amide bonds. The van der Waals surface area contributed by atoms with E-state index in [1.807, 2.05) is 32.9 Å². The summed E-state index contributed by atoms with van der Waals surface area (Å²) in [4.78, 5) is 0. The molecule has 0 saturated heterocycles. The molecule has 0 saturated carbocycles.